The van der Waals surface area contributed by atoms with Crippen LogP contribution in [0, 0.1) is 35.2 Å². The Morgan fingerprint density at radius 2 is 1.10 bits per heavy atom. The molecular weight excluding hydrogens is 381 g/mol. The molecule has 3 heteroatoms. The largest absolute Gasteiger partial charge is 0.204 e. The number of hydrogen-bond donors (Lipinski definition) is 0. The number of benzene rings is 1. The smallest absolute Gasteiger partial charge is 0.194 e. The van der Waals surface area contributed by atoms with Crippen LogP contribution in [-0.4, -0.2) is 0 Å². The number of unbranched alkanes of at least 4 members (excludes halogenated alkanes) is 4. The van der Waals surface area contributed by atoms with E-state index < -0.39 is 17.5 Å². The molecule has 0 nitrogen and oxygen atoms in total. The molecular formula is C27H41F3. The summed E-state index contributed by atoms with van der Waals surface area (Å²) in [5, 5.41) is 0. The Bertz CT molecular complexity index is 602. The summed E-state index contributed by atoms with van der Waals surface area (Å²) in [6.07, 6.45) is 21.0. The molecule has 0 amide bonds. The summed E-state index contributed by atoms with van der Waals surface area (Å²) in [6.45, 7) is 2.28. The molecule has 3 rings (SSSR count). The van der Waals surface area contributed by atoms with Gasteiger partial charge in [0, 0.05) is 0 Å². The van der Waals surface area contributed by atoms with E-state index in [2.05, 4.69) is 6.92 Å². The van der Waals surface area contributed by atoms with Crippen LogP contribution >= 0.6 is 0 Å². The molecule has 170 valence electrons. The molecule has 1 aromatic rings. The van der Waals surface area contributed by atoms with Crippen molar-refractivity contribution < 1.29 is 13.2 Å². The molecule has 0 N–H and O–H groups in total. The third-order valence-electron chi connectivity index (χ3n) is 7.99. The number of rotatable bonds is 10. The standard InChI is InChI=1S/C27H41F3/c1-2-3-4-5-6-7-20-8-10-21(11-9-20)12-13-22-14-16-23(17-15-22)24-18-25(28)27(30)26(29)19-24/h18-23H,2-17H2,1H3. The van der Waals surface area contributed by atoms with Crippen molar-refractivity contribution in [3.63, 3.8) is 0 Å². The fourth-order valence-electron chi connectivity index (χ4n) is 5.91. The van der Waals surface area contributed by atoms with E-state index in [1.807, 2.05) is 0 Å². The summed E-state index contributed by atoms with van der Waals surface area (Å²) in [7, 11) is 0. The van der Waals surface area contributed by atoms with Crippen molar-refractivity contribution in [3.8, 4) is 0 Å². The first-order valence-corrected chi connectivity index (χ1v) is 12.7. The lowest BCUT2D eigenvalue weighted by atomic mass is 9.74. The van der Waals surface area contributed by atoms with Gasteiger partial charge in [0.15, 0.2) is 17.5 Å². The van der Waals surface area contributed by atoms with Gasteiger partial charge < -0.3 is 0 Å². The lowest BCUT2D eigenvalue weighted by Crippen LogP contribution is -2.18. The summed E-state index contributed by atoms with van der Waals surface area (Å²) < 4.78 is 40.3. The van der Waals surface area contributed by atoms with Gasteiger partial charge in [-0.05, 0) is 67.1 Å². The molecule has 0 aliphatic heterocycles. The SMILES string of the molecule is CCCCCCCC1CCC(CCC2CCC(c3cc(F)c(F)c(F)c3)CC2)CC1. The number of hydrogen-bond acceptors (Lipinski definition) is 0. The first-order valence-electron chi connectivity index (χ1n) is 12.7. The molecule has 0 radical (unpaired) electrons. The quantitative estimate of drug-likeness (QED) is 0.260. The topological polar surface area (TPSA) is 0 Å². The van der Waals surface area contributed by atoms with Gasteiger partial charge in [0.2, 0.25) is 0 Å². The van der Waals surface area contributed by atoms with Crippen LogP contribution in [0.4, 0.5) is 13.2 Å². The molecule has 30 heavy (non-hydrogen) atoms. The van der Waals surface area contributed by atoms with Crippen molar-refractivity contribution in [1.29, 1.82) is 0 Å². The zero-order chi connectivity index (χ0) is 21.3. The fraction of sp³-hybridized carbons (Fsp3) is 0.778. The van der Waals surface area contributed by atoms with Crippen molar-refractivity contribution in [1.82, 2.24) is 0 Å². The van der Waals surface area contributed by atoms with Crippen molar-refractivity contribution in [2.45, 2.75) is 116 Å². The Hall–Kier alpha value is -0.990. The highest BCUT2D eigenvalue weighted by Gasteiger charge is 2.26. The van der Waals surface area contributed by atoms with Crippen molar-refractivity contribution in [3.05, 3.63) is 35.1 Å². The molecule has 2 fully saturated rings. The van der Waals surface area contributed by atoms with Crippen LogP contribution in [0.3, 0.4) is 0 Å². The van der Waals surface area contributed by atoms with E-state index in [0.29, 0.717) is 5.56 Å². The van der Waals surface area contributed by atoms with Crippen LogP contribution in [-0.2, 0) is 0 Å². The van der Waals surface area contributed by atoms with Gasteiger partial charge >= 0.3 is 0 Å². The van der Waals surface area contributed by atoms with Gasteiger partial charge in [-0.25, -0.2) is 13.2 Å². The summed E-state index contributed by atoms with van der Waals surface area (Å²) >= 11 is 0. The Morgan fingerprint density at radius 3 is 1.63 bits per heavy atom. The lowest BCUT2D eigenvalue weighted by Gasteiger charge is -2.32. The van der Waals surface area contributed by atoms with E-state index in [1.165, 1.54) is 89.2 Å². The van der Waals surface area contributed by atoms with Crippen molar-refractivity contribution in [2.24, 2.45) is 17.8 Å². The molecule has 0 aromatic heterocycles. The molecule has 2 saturated carbocycles. The first-order chi connectivity index (χ1) is 14.6. The zero-order valence-electron chi connectivity index (χ0n) is 18.9. The lowest BCUT2D eigenvalue weighted by molar-refractivity contribution is 0.222. The van der Waals surface area contributed by atoms with E-state index in [0.717, 1.165) is 43.4 Å². The highest BCUT2D eigenvalue weighted by molar-refractivity contribution is 5.23. The van der Waals surface area contributed by atoms with Crippen LogP contribution in [0.5, 0.6) is 0 Å². The Balaban J connectivity index is 1.30. The maximum Gasteiger partial charge on any atom is 0.194 e. The van der Waals surface area contributed by atoms with Crippen LogP contribution in [0.2, 0.25) is 0 Å². The first kappa shape index (κ1) is 23.7. The van der Waals surface area contributed by atoms with Crippen molar-refractivity contribution >= 4 is 0 Å². The van der Waals surface area contributed by atoms with E-state index >= 15 is 0 Å². The molecule has 0 heterocycles. The molecule has 0 atom stereocenters. The maximum atomic E-state index is 13.5. The van der Waals surface area contributed by atoms with Gasteiger partial charge in [-0.3, -0.25) is 0 Å². The summed E-state index contributed by atoms with van der Waals surface area (Å²) in [5.74, 6) is -0.619. The minimum Gasteiger partial charge on any atom is -0.204 e. The highest BCUT2D eigenvalue weighted by atomic mass is 19.2. The van der Waals surface area contributed by atoms with Crippen molar-refractivity contribution in [2.75, 3.05) is 0 Å². The molecule has 2 aliphatic carbocycles. The molecule has 0 unspecified atom stereocenters. The van der Waals surface area contributed by atoms with Crippen LogP contribution in [0.15, 0.2) is 12.1 Å². The van der Waals surface area contributed by atoms with E-state index in [4.69, 9.17) is 0 Å². The molecule has 1 aromatic carbocycles. The summed E-state index contributed by atoms with van der Waals surface area (Å²) in [5.41, 5.74) is 0.637. The van der Waals surface area contributed by atoms with Gasteiger partial charge in [-0.1, -0.05) is 84.0 Å². The second-order valence-corrected chi connectivity index (χ2v) is 10.2. The van der Waals surface area contributed by atoms with Gasteiger partial charge in [-0.2, -0.15) is 0 Å². The predicted octanol–water partition coefficient (Wildman–Crippen LogP) is 9.32. The molecule has 2 aliphatic rings. The minimum atomic E-state index is -1.35. The average molecular weight is 423 g/mol. The summed E-state index contributed by atoms with van der Waals surface area (Å²) in [4.78, 5) is 0. The Labute approximate surface area is 182 Å². The second kappa shape index (κ2) is 12.2. The normalized spacial score (nSPS) is 27.3. The van der Waals surface area contributed by atoms with Gasteiger partial charge in [0.25, 0.3) is 0 Å². The van der Waals surface area contributed by atoms with E-state index in [9.17, 15) is 13.2 Å². The van der Waals surface area contributed by atoms with Gasteiger partial charge in [0.05, 0.1) is 0 Å². The molecule has 0 bridgehead atoms. The van der Waals surface area contributed by atoms with Gasteiger partial charge in [-0.15, -0.1) is 0 Å². The zero-order valence-corrected chi connectivity index (χ0v) is 18.9. The minimum absolute atomic E-state index is 0.179. The Morgan fingerprint density at radius 1 is 0.633 bits per heavy atom. The maximum absolute atomic E-state index is 13.5. The molecule has 0 saturated heterocycles. The van der Waals surface area contributed by atoms with E-state index in [-0.39, 0.29) is 5.92 Å². The van der Waals surface area contributed by atoms with Crippen LogP contribution < -0.4 is 0 Å². The molecule has 0 spiro atoms. The summed E-state index contributed by atoms with van der Waals surface area (Å²) in [6, 6.07) is 2.40. The third kappa shape index (κ3) is 7.02. The fourth-order valence-corrected chi connectivity index (χ4v) is 5.91. The predicted molar refractivity (Wildman–Crippen MR) is 119 cm³/mol. The monoisotopic (exact) mass is 422 g/mol. The average Bonchev–Trinajstić information content (AvgIpc) is 2.77. The van der Waals surface area contributed by atoms with E-state index in [1.54, 1.807) is 0 Å². The van der Waals surface area contributed by atoms with Crippen LogP contribution in [0.1, 0.15) is 121 Å². The van der Waals surface area contributed by atoms with Crippen LogP contribution in [0.25, 0.3) is 0 Å². The number of halogens is 3. The highest BCUT2D eigenvalue weighted by Crippen LogP contribution is 2.40. The third-order valence-corrected chi connectivity index (χ3v) is 7.99. The second-order valence-electron chi connectivity index (χ2n) is 10.2. The Kier molecular flexibility index (Phi) is 9.59. The van der Waals surface area contributed by atoms with Gasteiger partial charge in [0.1, 0.15) is 0 Å².